The van der Waals surface area contributed by atoms with E-state index in [1.54, 1.807) is 17.4 Å². The van der Waals surface area contributed by atoms with Crippen molar-refractivity contribution in [1.29, 1.82) is 0 Å². The van der Waals surface area contributed by atoms with Crippen molar-refractivity contribution in [3.8, 4) is 0 Å². The average Bonchev–Trinajstić information content (AvgIpc) is 2.87. The van der Waals surface area contributed by atoms with Crippen LogP contribution < -0.4 is 0 Å². The predicted octanol–water partition coefficient (Wildman–Crippen LogP) is 3.89. The van der Waals surface area contributed by atoms with Crippen LogP contribution >= 0.6 is 22.9 Å². The van der Waals surface area contributed by atoms with E-state index < -0.39 is 5.97 Å². The van der Waals surface area contributed by atoms with Gasteiger partial charge in [0, 0.05) is 15.5 Å². The van der Waals surface area contributed by atoms with Crippen LogP contribution in [0.15, 0.2) is 29.6 Å². The zero-order chi connectivity index (χ0) is 12.7. The largest absolute Gasteiger partial charge is 0.465 e. The van der Waals surface area contributed by atoms with E-state index in [1.165, 1.54) is 7.11 Å². The minimum absolute atomic E-state index is 0.403. The average molecular weight is 278 g/mol. The summed E-state index contributed by atoms with van der Waals surface area (Å²) in [7, 11) is 1.35. The van der Waals surface area contributed by atoms with Crippen molar-refractivity contribution in [2.45, 2.75) is 0 Å². The molecule has 1 aromatic carbocycles. The van der Waals surface area contributed by atoms with E-state index in [0.717, 1.165) is 15.5 Å². The summed E-state index contributed by atoms with van der Waals surface area (Å²) in [5, 5.41) is 4.21. The Morgan fingerprint density at radius 2 is 2.17 bits per heavy atom. The number of hydrogen-bond acceptors (Lipinski definition) is 4. The van der Waals surface area contributed by atoms with Crippen LogP contribution in [0.25, 0.3) is 21.0 Å². The number of nitrogens with zero attached hydrogens (tertiary/aromatic N) is 1. The number of carbonyl (C=O) groups is 1. The van der Waals surface area contributed by atoms with Crippen LogP contribution in [0.1, 0.15) is 10.4 Å². The van der Waals surface area contributed by atoms with Gasteiger partial charge in [0.25, 0.3) is 0 Å². The molecule has 0 aliphatic heterocycles. The van der Waals surface area contributed by atoms with E-state index >= 15 is 0 Å². The molecule has 3 rings (SSSR count). The molecule has 0 N–H and O–H groups in total. The summed E-state index contributed by atoms with van der Waals surface area (Å²) in [6, 6.07) is 7.38. The van der Waals surface area contributed by atoms with Gasteiger partial charge in [-0.05, 0) is 17.5 Å². The molecule has 0 fully saturated rings. The van der Waals surface area contributed by atoms with Gasteiger partial charge in [-0.15, -0.1) is 11.3 Å². The number of fused-ring (bicyclic) bond motifs is 3. The first kappa shape index (κ1) is 11.4. The van der Waals surface area contributed by atoms with Gasteiger partial charge in [-0.25, -0.2) is 9.78 Å². The monoisotopic (exact) mass is 277 g/mol. The van der Waals surface area contributed by atoms with Crippen LogP contribution in [-0.2, 0) is 4.74 Å². The number of halogens is 1. The van der Waals surface area contributed by atoms with E-state index in [4.69, 9.17) is 16.3 Å². The second-order valence-electron chi connectivity index (χ2n) is 3.76. The molecule has 0 saturated heterocycles. The molecule has 0 bridgehead atoms. The van der Waals surface area contributed by atoms with Crippen molar-refractivity contribution in [2.75, 3.05) is 7.11 Å². The van der Waals surface area contributed by atoms with Crippen LogP contribution in [0, 0.1) is 0 Å². The maximum Gasteiger partial charge on any atom is 0.340 e. The fourth-order valence-electron chi connectivity index (χ4n) is 1.96. The molecule has 0 atom stereocenters. The maximum atomic E-state index is 11.7. The molecule has 0 unspecified atom stereocenters. The summed E-state index contributed by atoms with van der Waals surface area (Å²) < 4.78 is 5.80. The SMILES string of the molecule is COC(=O)c1cccc2c1nc(Cl)c1ccsc12. The normalized spacial score (nSPS) is 11.0. The smallest absolute Gasteiger partial charge is 0.340 e. The molecule has 0 spiro atoms. The quantitative estimate of drug-likeness (QED) is 0.500. The second-order valence-corrected chi connectivity index (χ2v) is 5.03. The highest BCUT2D eigenvalue weighted by Gasteiger charge is 2.15. The fourth-order valence-corrected chi connectivity index (χ4v) is 3.18. The molecule has 2 aromatic heterocycles. The summed E-state index contributed by atoms with van der Waals surface area (Å²) in [5.74, 6) is -0.403. The third-order valence-electron chi connectivity index (χ3n) is 2.78. The van der Waals surface area contributed by atoms with Crippen molar-refractivity contribution in [2.24, 2.45) is 0 Å². The molecule has 2 heterocycles. The highest BCUT2D eigenvalue weighted by molar-refractivity contribution is 7.18. The molecule has 0 aliphatic carbocycles. The molecule has 0 amide bonds. The number of aromatic nitrogens is 1. The third kappa shape index (κ3) is 1.57. The van der Waals surface area contributed by atoms with Crippen molar-refractivity contribution >= 4 is 49.9 Å². The first-order chi connectivity index (χ1) is 8.72. The van der Waals surface area contributed by atoms with Gasteiger partial charge in [0.05, 0.1) is 18.2 Å². The second kappa shape index (κ2) is 4.23. The first-order valence-electron chi connectivity index (χ1n) is 5.26. The summed E-state index contributed by atoms with van der Waals surface area (Å²) in [4.78, 5) is 16.0. The van der Waals surface area contributed by atoms with E-state index in [-0.39, 0.29) is 0 Å². The lowest BCUT2D eigenvalue weighted by Gasteiger charge is -2.05. The number of hydrogen-bond donors (Lipinski definition) is 0. The van der Waals surface area contributed by atoms with Crippen LogP contribution in [0.3, 0.4) is 0 Å². The van der Waals surface area contributed by atoms with Gasteiger partial charge in [-0.2, -0.15) is 0 Å². The Kier molecular flexibility index (Phi) is 2.69. The van der Waals surface area contributed by atoms with Crippen LogP contribution in [0.2, 0.25) is 5.15 Å². The number of methoxy groups -OCH3 is 1. The van der Waals surface area contributed by atoms with Crippen LogP contribution in [0.5, 0.6) is 0 Å². The lowest BCUT2D eigenvalue weighted by atomic mass is 10.1. The highest BCUT2D eigenvalue weighted by atomic mass is 35.5. The van der Waals surface area contributed by atoms with Gasteiger partial charge in [0.2, 0.25) is 0 Å². The molecular formula is C13H8ClNO2S. The van der Waals surface area contributed by atoms with Gasteiger partial charge in [0.15, 0.2) is 0 Å². The van der Waals surface area contributed by atoms with Crippen LogP contribution in [-0.4, -0.2) is 18.1 Å². The number of para-hydroxylation sites is 1. The number of ether oxygens (including phenoxy) is 1. The lowest BCUT2D eigenvalue weighted by molar-refractivity contribution is 0.0603. The van der Waals surface area contributed by atoms with E-state index in [1.807, 2.05) is 23.6 Å². The number of carbonyl (C=O) groups excluding carboxylic acids is 1. The minimum Gasteiger partial charge on any atom is -0.465 e. The van der Waals surface area contributed by atoms with Crippen molar-refractivity contribution in [3.05, 3.63) is 40.4 Å². The molecule has 0 saturated carbocycles. The Morgan fingerprint density at radius 3 is 2.94 bits per heavy atom. The predicted molar refractivity (Wildman–Crippen MR) is 73.5 cm³/mol. The molecule has 3 aromatic rings. The molecular weight excluding hydrogens is 270 g/mol. The standard InChI is InChI=1S/C13H8ClNO2S/c1-17-13(16)8-4-2-3-7-10(8)15-12(14)9-5-6-18-11(7)9/h2-6H,1H3. The number of esters is 1. The Bertz CT molecular complexity index is 766. The Labute approximate surface area is 112 Å². The topological polar surface area (TPSA) is 39.2 Å². The van der Waals surface area contributed by atoms with E-state index in [9.17, 15) is 4.79 Å². The minimum atomic E-state index is -0.403. The summed E-state index contributed by atoms with van der Waals surface area (Å²) in [5.41, 5.74) is 1.02. The molecule has 0 radical (unpaired) electrons. The Hall–Kier alpha value is -1.65. The van der Waals surface area contributed by atoms with Gasteiger partial charge < -0.3 is 4.74 Å². The fraction of sp³-hybridized carbons (Fsp3) is 0.0769. The molecule has 90 valence electrons. The zero-order valence-electron chi connectivity index (χ0n) is 9.44. The molecule has 0 aliphatic rings. The van der Waals surface area contributed by atoms with Gasteiger partial charge in [0.1, 0.15) is 5.15 Å². The van der Waals surface area contributed by atoms with Crippen molar-refractivity contribution in [3.63, 3.8) is 0 Å². The third-order valence-corrected chi connectivity index (χ3v) is 4.02. The zero-order valence-corrected chi connectivity index (χ0v) is 11.0. The Morgan fingerprint density at radius 1 is 1.33 bits per heavy atom. The van der Waals surface area contributed by atoms with Crippen molar-refractivity contribution in [1.82, 2.24) is 4.98 Å². The Balaban J connectivity index is 2.48. The lowest BCUT2D eigenvalue weighted by Crippen LogP contribution is -2.03. The van der Waals surface area contributed by atoms with Crippen LogP contribution in [0.4, 0.5) is 0 Å². The van der Waals surface area contributed by atoms with Gasteiger partial charge >= 0.3 is 5.97 Å². The maximum absolute atomic E-state index is 11.7. The number of pyridine rings is 1. The highest BCUT2D eigenvalue weighted by Crippen LogP contribution is 2.34. The molecule has 18 heavy (non-hydrogen) atoms. The summed E-state index contributed by atoms with van der Waals surface area (Å²) in [6.45, 7) is 0. The van der Waals surface area contributed by atoms with Gasteiger partial charge in [-0.3, -0.25) is 0 Å². The summed E-state index contributed by atoms with van der Waals surface area (Å²) >= 11 is 7.72. The number of benzene rings is 1. The molecule has 5 heteroatoms. The summed E-state index contributed by atoms with van der Waals surface area (Å²) in [6.07, 6.45) is 0. The molecule has 3 nitrogen and oxygen atoms in total. The van der Waals surface area contributed by atoms with Crippen molar-refractivity contribution < 1.29 is 9.53 Å². The van der Waals surface area contributed by atoms with Gasteiger partial charge in [-0.1, -0.05) is 23.7 Å². The number of thiophene rings is 1. The van der Waals surface area contributed by atoms with E-state index in [0.29, 0.717) is 16.2 Å². The first-order valence-corrected chi connectivity index (χ1v) is 6.52. The number of rotatable bonds is 1. The van der Waals surface area contributed by atoms with E-state index in [2.05, 4.69) is 4.98 Å².